The first-order chi connectivity index (χ1) is 18.9. The fraction of sp³-hybridized carbons (Fsp3) is 0.355. The van der Waals surface area contributed by atoms with Gasteiger partial charge in [-0.3, -0.25) is 4.79 Å². The number of likely N-dealkylation sites (N-methyl/N-ethyl adjacent to an activating group) is 1. The van der Waals surface area contributed by atoms with Crippen LogP contribution in [0.1, 0.15) is 46.7 Å². The summed E-state index contributed by atoms with van der Waals surface area (Å²) in [6.07, 6.45) is 2.77. The third kappa shape index (κ3) is 6.57. The van der Waals surface area contributed by atoms with E-state index in [1.807, 2.05) is 78.7 Å². The van der Waals surface area contributed by atoms with E-state index in [1.165, 1.54) is 0 Å². The molecule has 0 aromatic heterocycles. The van der Waals surface area contributed by atoms with Gasteiger partial charge in [-0.1, -0.05) is 65.7 Å². The summed E-state index contributed by atoms with van der Waals surface area (Å²) in [6.45, 7) is 4.01. The van der Waals surface area contributed by atoms with Crippen LogP contribution in [0.3, 0.4) is 0 Å². The van der Waals surface area contributed by atoms with E-state index >= 15 is 0 Å². The maximum Gasteiger partial charge on any atom is 0.322 e. The maximum atomic E-state index is 13.1. The minimum Gasteiger partial charge on any atom is -0.341 e. The number of hydrogen-bond acceptors (Lipinski definition) is 3. The van der Waals surface area contributed by atoms with E-state index in [9.17, 15) is 9.59 Å². The molecule has 5 rings (SSSR count). The Kier molecular flexibility index (Phi) is 8.75. The van der Waals surface area contributed by atoms with Crippen LogP contribution in [0.15, 0.2) is 72.8 Å². The number of carbonyl (C=O) groups is 2. The Morgan fingerprint density at radius 2 is 1.72 bits per heavy atom. The van der Waals surface area contributed by atoms with Crippen LogP contribution >= 0.6 is 23.2 Å². The van der Waals surface area contributed by atoms with Crippen molar-refractivity contribution in [2.75, 3.05) is 38.5 Å². The average molecular weight is 566 g/mol. The Hall–Kier alpha value is -3.06. The highest BCUT2D eigenvalue weighted by atomic mass is 35.5. The number of likely N-dealkylation sites (tertiary alicyclic amines) is 1. The van der Waals surface area contributed by atoms with Crippen LogP contribution in [-0.2, 0) is 6.54 Å². The van der Waals surface area contributed by atoms with E-state index in [0.717, 1.165) is 55.7 Å². The molecule has 2 aliphatic heterocycles. The summed E-state index contributed by atoms with van der Waals surface area (Å²) in [5.74, 6) is 0.113. The molecule has 0 bridgehead atoms. The fourth-order valence-corrected chi connectivity index (χ4v) is 5.96. The fourth-order valence-electron chi connectivity index (χ4n) is 5.65. The van der Waals surface area contributed by atoms with E-state index in [1.54, 1.807) is 4.90 Å². The van der Waals surface area contributed by atoms with E-state index in [0.29, 0.717) is 28.7 Å². The number of anilines is 1. The van der Waals surface area contributed by atoms with Gasteiger partial charge in [-0.05, 0) is 67.3 Å². The van der Waals surface area contributed by atoms with Crippen molar-refractivity contribution in [2.24, 2.45) is 0 Å². The monoisotopic (exact) mass is 564 g/mol. The van der Waals surface area contributed by atoms with Crippen LogP contribution in [0.2, 0.25) is 10.0 Å². The molecule has 0 radical (unpaired) electrons. The third-order valence-corrected chi connectivity index (χ3v) is 8.67. The molecule has 2 heterocycles. The molecule has 1 fully saturated rings. The maximum absolute atomic E-state index is 13.1. The van der Waals surface area contributed by atoms with Crippen molar-refractivity contribution in [2.45, 2.75) is 37.8 Å². The smallest absolute Gasteiger partial charge is 0.322 e. The number of nitrogens with zero attached hydrogens (tertiary/aromatic N) is 3. The highest BCUT2D eigenvalue weighted by Gasteiger charge is 2.31. The Morgan fingerprint density at radius 1 is 1.00 bits per heavy atom. The quantitative estimate of drug-likeness (QED) is 0.329. The third-order valence-electron chi connectivity index (χ3n) is 7.93. The SMILES string of the molecule is CN(CC(CCN1CCC(N2Cc3ccccc3NC2=O)CC1)c1ccc(Cl)c(Cl)c1)C(=O)c1ccccc1. The lowest BCUT2D eigenvalue weighted by Crippen LogP contribution is -2.50. The second kappa shape index (κ2) is 12.4. The molecule has 1 N–H and O–H groups in total. The van der Waals surface area contributed by atoms with Gasteiger partial charge in [0.1, 0.15) is 0 Å². The lowest BCUT2D eigenvalue weighted by Gasteiger charge is -2.41. The highest BCUT2D eigenvalue weighted by molar-refractivity contribution is 6.42. The molecule has 1 unspecified atom stereocenters. The summed E-state index contributed by atoms with van der Waals surface area (Å²) >= 11 is 12.6. The predicted molar refractivity (Wildman–Crippen MR) is 158 cm³/mol. The van der Waals surface area contributed by atoms with Crippen molar-refractivity contribution >= 4 is 40.8 Å². The summed E-state index contributed by atoms with van der Waals surface area (Å²) in [6, 6.07) is 23.4. The summed E-state index contributed by atoms with van der Waals surface area (Å²) in [5.41, 5.74) is 3.84. The number of fused-ring (bicyclic) bond motifs is 1. The predicted octanol–water partition coefficient (Wildman–Crippen LogP) is 6.75. The normalized spacial score (nSPS) is 16.9. The number of piperidine rings is 1. The van der Waals surface area contributed by atoms with Gasteiger partial charge in [-0.2, -0.15) is 0 Å². The lowest BCUT2D eigenvalue weighted by atomic mass is 9.93. The number of amides is 3. The molecule has 3 amide bonds. The van der Waals surface area contributed by atoms with Gasteiger partial charge in [0.25, 0.3) is 5.91 Å². The number of hydrogen-bond donors (Lipinski definition) is 1. The van der Waals surface area contributed by atoms with Crippen LogP contribution < -0.4 is 5.32 Å². The first-order valence-corrected chi connectivity index (χ1v) is 14.3. The molecule has 8 heteroatoms. The van der Waals surface area contributed by atoms with Gasteiger partial charge in [0, 0.05) is 56.4 Å². The molecule has 1 atom stereocenters. The minimum absolute atomic E-state index is 0.00190. The van der Waals surface area contributed by atoms with Gasteiger partial charge in [-0.25, -0.2) is 4.79 Å². The zero-order valence-corrected chi connectivity index (χ0v) is 23.7. The first kappa shape index (κ1) is 27.5. The van der Waals surface area contributed by atoms with Crippen LogP contribution in [0, 0.1) is 0 Å². The number of para-hydroxylation sites is 1. The van der Waals surface area contributed by atoms with Crippen molar-refractivity contribution in [1.82, 2.24) is 14.7 Å². The molecule has 0 aliphatic carbocycles. The van der Waals surface area contributed by atoms with Crippen LogP contribution in [0.4, 0.5) is 10.5 Å². The van der Waals surface area contributed by atoms with Crippen LogP contribution in [-0.4, -0.2) is 65.9 Å². The zero-order valence-electron chi connectivity index (χ0n) is 22.2. The number of benzene rings is 3. The number of halogens is 2. The first-order valence-electron chi connectivity index (χ1n) is 13.5. The molecule has 3 aromatic carbocycles. The van der Waals surface area contributed by atoms with Gasteiger partial charge in [0.05, 0.1) is 10.0 Å². The standard InChI is InChI=1S/C31H34Cl2N4O2/c1-35(30(38)22-7-3-2-4-8-22)20-24(23-11-12-27(32)28(33)19-23)13-16-36-17-14-26(15-18-36)37-21-25-9-5-6-10-29(25)34-31(37)39/h2-12,19,24,26H,13-18,20-21H2,1H3,(H,34,39). The molecule has 204 valence electrons. The molecule has 2 aliphatic rings. The van der Waals surface area contributed by atoms with Crippen LogP contribution in [0.5, 0.6) is 0 Å². The average Bonchev–Trinajstić information content (AvgIpc) is 2.96. The molecule has 39 heavy (non-hydrogen) atoms. The molecule has 6 nitrogen and oxygen atoms in total. The van der Waals surface area contributed by atoms with Gasteiger partial charge in [0.15, 0.2) is 0 Å². The Balaban J connectivity index is 1.20. The van der Waals surface area contributed by atoms with E-state index in [2.05, 4.69) is 16.3 Å². The second-order valence-corrected chi connectivity index (χ2v) is 11.3. The summed E-state index contributed by atoms with van der Waals surface area (Å²) in [7, 11) is 1.85. The number of carbonyl (C=O) groups excluding carboxylic acids is 2. The number of urea groups is 1. The second-order valence-electron chi connectivity index (χ2n) is 10.5. The topological polar surface area (TPSA) is 55.9 Å². The van der Waals surface area contributed by atoms with Crippen molar-refractivity contribution in [3.63, 3.8) is 0 Å². The van der Waals surface area contributed by atoms with Crippen molar-refractivity contribution < 1.29 is 9.59 Å². The number of rotatable bonds is 8. The van der Waals surface area contributed by atoms with Gasteiger partial charge in [-0.15, -0.1) is 0 Å². The molecule has 1 saturated heterocycles. The van der Waals surface area contributed by atoms with Crippen LogP contribution in [0.25, 0.3) is 0 Å². The lowest BCUT2D eigenvalue weighted by molar-refractivity contribution is 0.0779. The number of nitrogens with one attached hydrogen (secondary N) is 1. The van der Waals surface area contributed by atoms with Gasteiger partial charge < -0.3 is 20.0 Å². The van der Waals surface area contributed by atoms with E-state index in [4.69, 9.17) is 23.2 Å². The highest BCUT2D eigenvalue weighted by Crippen LogP contribution is 2.31. The summed E-state index contributed by atoms with van der Waals surface area (Å²) < 4.78 is 0. The van der Waals surface area contributed by atoms with E-state index in [-0.39, 0.29) is 23.9 Å². The van der Waals surface area contributed by atoms with Crippen molar-refractivity contribution in [3.05, 3.63) is 99.5 Å². The Bertz CT molecular complexity index is 1310. The largest absolute Gasteiger partial charge is 0.341 e. The Labute approximate surface area is 240 Å². The van der Waals surface area contributed by atoms with Gasteiger partial charge in [0.2, 0.25) is 0 Å². The minimum atomic E-state index is -0.00190. The molecular formula is C31H34Cl2N4O2. The molecule has 0 saturated carbocycles. The molecule has 0 spiro atoms. The van der Waals surface area contributed by atoms with Crippen molar-refractivity contribution in [3.8, 4) is 0 Å². The molecular weight excluding hydrogens is 531 g/mol. The summed E-state index contributed by atoms with van der Waals surface area (Å²) in [5, 5.41) is 4.10. The van der Waals surface area contributed by atoms with Gasteiger partial charge >= 0.3 is 6.03 Å². The zero-order chi connectivity index (χ0) is 27.4. The Morgan fingerprint density at radius 3 is 2.46 bits per heavy atom. The molecule has 3 aromatic rings. The van der Waals surface area contributed by atoms with E-state index < -0.39 is 0 Å². The van der Waals surface area contributed by atoms with Crippen molar-refractivity contribution in [1.29, 1.82) is 0 Å². The summed E-state index contributed by atoms with van der Waals surface area (Å²) in [4.78, 5) is 32.1.